The molecule has 0 bridgehead atoms. The Hall–Kier alpha value is -1.12. The summed E-state index contributed by atoms with van der Waals surface area (Å²) in [5.41, 5.74) is -0.661. The van der Waals surface area contributed by atoms with Crippen molar-refractivity contribution >= 4 is 5.91 Å². The van der Waals surface area contributed by atoms with E-state index in [-0.39, 0.29) is 19.0 Å². The molecule has 0 aliphatic heterocycles. The highest BCUT2D eigenvalue weighted by Crippen LogP contribution is 2.26. The normalized spacial score (nSPS) is 19.1. The smallest absolute Gasteiger partial charge is 0.234 e. The van der Waals surface area contributed by atoms with Gasteiger partial charge in [0.1, 0.15) is 6.54 Å². The molecule has 1 amide bonds. The summed E-state index contributed by atoms with van der Waals surface area (Å²) >= 11 is 0. The predicted octanol–water partition coefficient (Wildman–Crippen LogP) is 0.301. The second kappa shape index (κ2) is 7.25. The lowest BCUT2D eigenvalue weighted by Gasteiger charge is -2.26. The van der Waals surface area contributed by atoms with E-state index in [1.165, 1.54) is 12.8 Å². The Morgan fingerprint density at radius 1 is 1.29 bits per heavy atom. The van der Waals surface area contributed by atoms with Crippen LogP contribution in [0.5, 0.6) is 0 Å². The van der Waals surface area contributed by atoms with Crippen molar-refractivity contribution in [2.75, 3.05) is 19.6 Å². The average Bonchev–Trinajstić information content (AvgIpc) is 2.52. The van der Waals surface area contributed by atoms with Gasteiger partial charge in [0.05, 0.1) is 18.2 Å². The van der Waals surface area contributed by atoms with Gasteiger partial charge in [-0.1, -0.05) is 25.7 Å². The van der Waals surface area contributed by atoms with Gasteiger partial charge in [-0.25, -0.2) is 0 Å². The quantitative estimate of drug-likeness (QED) is 0.476. The van der Waals surface area contributed by atoms with Crippen LogP contribution in [0.25, 0.3) is 0 Å². The molecule has 5 nitrogen and oxygen atoms in total. The van der Waals surface area contributed by atoms with Gasteiger partial charge in [0.15, 0.2) is 0 Å². The summed E-state index contributed by atoms with van der Waals surface area (Å²) in [4.78, 5) is 11.2. The molecule has 0 aromatic rings. The van der Waals surface area contributed by atoms with Gasteiger partial charge >= 0.3 is 0 Å². The van der Waals surface area contributed by atoms with Gasteiger partial charge in [-0.2, -0.15) is 5.26 Å². The van der Waals surface area contributed by atoms with Crippen LogP contribution in [0.3, 0.4) is 0 Å². The minimum absolute atomic E-state index is 0.0325. The summed E-state index contributed by atoms with van der Waals surface area (Å²) in [6, 6.07) is 1.85. The van der Waals surface area contributed by atoms with Crippen molar-refractivity contribution in [1.82, 2.24) is 10.6 Å². The van der Waals surface area contributed by atoms with Gasteiger partial charge in [-0.05, 0) is 12.8 Å². The maximum atomic E-state index is 11.2. The van der Waals surface area contributed by atoms with Crippen LogP contribution in [0.15, 0.2) is 0 Å². The molecule has 96 valence electrons. The molecule has 17 heavy (non-hydrogen) atoms. The molecule has 0 radical (unpaired) electrons. The molecule has 1 aliphatic carbocycles. The minimum Gasteiger partial charge on any atom is -0.389 e. The van der Waals surface area contributed by atoms with E-state index in [4.69, 9.17) is 5.26 Å². The lowest BCUT2D eigenvalue weighted by Crippen LogP contribution is -2.44. The Kier molecular flexibility index (Phi) is 5.95. The van der Waals surface area contributed by atoms with Crippen LogP contribution >= 0.6 is 0 Å². The maximum absolute atomic E-state index is 11.2. The molecule has 0 heterocycles. The van der Waals surface area contributed by atoms with Crippen molar-refractivity contribution in [3.05, 3.63) is 0 Å². The van der Waals surface area contributed by atoms with E-state index < -0.39 is 5.60 Å². The zero-order valence-electron chi connectivity index (χ0n) is 10.2. The largest absolute Gasteiger partial charge is 0.389 e. The number of hydrogen-bond acceptors (Lipinski definition) is 4. The van der Waals surface area contributed by atoms with Crippen LogP contribution in [-0.4, -0.2) is 36.2 Å². The first kappa shape index (κ1) is 13.9. The summed E-state index contributed by atoms with van der Waals surface area (Å²) in [6.45, 7) is 0.641. The fourth-order valence-electron chi connectivity index (χ4n) is 2.17. The van der Waals surface area contributed by atoms with E-state index in [0.717, 1.165) is 25.7 Å². The van der Waals surface area contributed by atoms with Gasteiger partial charge in [0, 0.05) is 6.54 Å². The monoisotopic (exact) mass is 239 g/mol. The first-order chi connectivity index (χ1) is 8.16. The zero-order chi connectivity index (χ0) is 12.6. The van der Waals surface area contributed by atoms with Gasteiger partial charge in [-0.15, -0.1) is 0 Å². The van der Waals surface area contributed by atoms with Crippen molar-refractivity contribution in [2.24, 2.45) is 0 Å². The summed E-state index contributed by atoms with van der Waals surface area (Å²) in [6.07, 6.45) is 6.09. The van der Waals surface area contributed by atoms with Crippen LogP contribution in [0, 0.1) is 11.3 Å². The van der Waals surface area contributed by atoms with Crippen LogP contribution in [0.1, 0.15) is 38.5 Å². The highest BCUT2D eigenvalue weighted by molar-refractivity contribution is 5.78. The summed E-state index contributed by atoms with van der Waals surface area (Å²) < 4.78 is 0. The van der Waals surface area contributed by atoms with Crippen LogP contribution in [0.2, 0.25) is 0 Å². The molecule has 3 N–H and O–H groups in total. The van der Waals surface area contributed by atoms with E-state index in [2.05, 4.69) is 10.6 Å². The standard InChI is InChI=1S/C12H21N3O2/c13-7-8-15-11(16)9-14-10-12(17)5-3-1-2-4-6-12/h14,17H,1-6,8-10H2,(H,15,16). The molecule has 1 aliphatic rings. The van der Waals surface area contributed by atoms with Crippen LogP contribution in [-0.2, 0) is 4.79 Å². The Balaban J connectivity index is 2.20. The number of carbonyl (C=O) groups is 1. The lowest BCUT2D eigenvalue weighted by atomic mass is 9.94. The number of hydrogen-bond donors (Lipinski definition) is 3. The minimum atomic E-state index is -0.661. The van der Waals surface area contributed by atoms with Crippen molar-refractivity contribution in [3.63, 3.8) is 0 Å². The third-order valence-electron chi connectivity index (χ3n) is 3.14. The number of carbonyl (C=O) groups excluding carboxylic acids is 1. The Bertz CT molecular complexity index is 278. The SMILES string of the molecule is N#CCNC(=O)CNCC1(O)CCCCCC1. The van der Waals surface area contributed by atoms with Crippen molar-refractivity contribution in [1.29, 1.82) is 5.26 Å². The van der Waals surface area contributed by atoms with Crippen molar-refractivity contribution in [2.45, 2.75) is 44.1 Å². The van der Waals surface area contributed by atoms with E-state index in [1.807, 2.05) is 6.07 Å². The van der Waals surface area contributed by atoms with Crippen molar-refractivity contribution in [3.8, 4) is 6.07 Å². The number of rotatable bonds is 5. The van der Waals surface area contributed by atoms with Crippen LogP contribution in [0.4, 0.5) is 0 Å². The van der Waals surface area contributed by atoms with E-state index >= 15 is 0 Å². The summed E-state index contributed by atoms with van der Waals surface area (Å²) in [5, 5.41) is 24.0. The van der Waals surface area contributed by atoms with E-state index in [9.17, 15) is 9.90 Å². The van der Waals surface area contributed by atoms with Gasteiger partial charge in [0.25, 0.3) is 0 Å². The molecule has 1 fully saturated rings. The fourth-order valence-corrected chi connectivity index (χ4v) is 2.17. The molecular formula is C12H21N3O2. The second-order valence-corrected chi connectivity index (χ2v) is 4.68. The molecule has 5 heteroatoms. The predicted molar refractivity (Wildman–Crippen MR) is 64.1 cm³/mol. The summed E-state index contributed by atoms with van der Waals surface area (Å²) in [5.74, 6) is -0.205. The molecule has 0 aromatic heterocycles. The summed E-state index contributed by atoms with van der Waals surface area (Å²) in [7, 11) is 0. The van der Waals surface area contributed by atoms with E-state index in [1.54, 1.807) is 0 Å². The van der Waals surface area contributed by atoms with Crippen LogP contribution < -0.4 is 10.6 Å². The highest BCUT2D eigenvalue weighted by Gasteiger charge is 2.27. The molecular weight excluding hydrogens is 218 g/mol. The third kappa shape index (κ3) is 5.66. The second-order valence-electron chi connectivity index (χ2n) is 4.68. The fraction of sp³-hybridized carbons (Fsp3) is 0.833. The third-order valence-corrected chi connectivity index (χ3v) is 3.14. The number of aliphatic hydroxyl groups is 1. The number of nitrogens with one attached hydrogen (secondary N) is 2. The molecule has 0 atom stereocenters. The number of nitriles is 1. The van der Waals surface area contributed by atoms with Gasteiger partial charge in [0.2, 0.25) is 5.91 Å². The Morgan fingerprint density at radius 2 is 1.94 bits per heavy atom. The topological polar surface area (TPSA) is 85.2 Å². The molecule has 1 rings (SSSR count). The Morgan fingerprint density at radius 3 is 2.53 bits per heavy atom. The first-order valence-corrected chi connectivity index (χ1v) is 6.23. The molecule has 0 saturated heterocycles. The number of nitrogens with zero attached hydrogens (tertiary/aromatic N) is 1. The number of amides is 1. The maximum Gasteiger partial charge on any atom is 0.234 e. The molecule has 0 spiro atoms. The Labute approximate surface area is 102 Å². The van der Waals surface area contributed by atoms with Gasteiger partial charge in [-0.3, -0.25) is 4.79 Å². The molecule has 1 saturated carbocycles. The van der Waals surface area contributed by atoms with Crippen molar-refractivity contribution < 1.29 is 9.90 Å². The van der Waals surface area contributed by atoms with Gasteiger partial charge < -0.3 is 15.7 Å². The van der Waals surface area contributed by atoms with E-state index in [0.29, 0.717) is 6.54 Å². The molecule has 0 unspecified atom stereocenters. The zero-order valence-corrected chi connectivity index (χ0v) is 10.2. The average molecular weight is 239 g/mol. The highest BCUT2D eigenvalue weighted by atomic mass is 16.3. The first-order valence-electron chi connectivity index (χ1n) is 6.23. The molecule has 0 aromatic carbocycles. The lowest BCUT2D eigenvalue weighted by molar-refractivity contribution is -0.120.